The van der Waals surface area contributed by atoms with E-state index >= 15 is 0 Å². The van der Waals surface area contributed by atoms with Gasteiger partial charge >= 0.3 is 5.97 Å². The Kier molecular flexibility index (Phi) is 10.4. The lowest BCUT2D eigenvalue weighted by Gasteiger charge is -2.22. The minimum atomic E-state index is -1.03. The number of amides is 1. The Balaban J connectivity index is 1.16. The molecule has 1 atom stereocenters. The summed E-state index contributed by atoms with van der Waals surface area (Å²) < 4.78 is 11.0. The topological polar surface area (TPSA) is 109 Å². The number of nitrogens with zero attached hydrogens (tertiary/aromatic N) is 1. The molecule has 1 aromatic heterocycles. The molecule has 5 rings (SSSR count). The number of anilines is 1. The summed E-state index contributed by atoms with van der Waals surface area (Å²) in [4.78, 5) is 40.1. The average Bonchev–Trinajstić information content (AvgIpc) is 3.62. The monoisotopic (exact) mass is 602 g/mol. The number of furan rings is 1. The molecule has 0 saturated carbocycles. The summed E-state index contributed by atoms with van der Waals surface area (Å²) in [7, 11) is 0. The van der Waals surface area contributed by atoms with Crippen LogP contribution in [-0.4, -0.2) is 46.9 Å². The van der Waals surface area contributed by atoms with Crippen LogP contribution in [-0.2, 0) is 17.8 Å². The van der Waals surface area contributed by atoms with Gasteiger partial charge in [0.25, 0.3) is 5.91 Å². The molecule has 5 aromatic rings. The van der Waals surface area contributed by atoms with Gasteiger partial charge in [0.1, 0.15) is 18.1 Å². The highest BCUT2D eigenvalue weighted by Gasteiger charge is 2.22. The molecule has 0 aliphatic carbocycles. The predicted molar refractivity (Wildman–Crippen MR) is 172 cm³/mol. The lowest BCUT2D eigenvalue weighted by Crippen LogP contribution is -2.32. The maximum atomic E-state index is 13.1. The number of carboxylic acid groups (broad SMARTS) is 1. The zero-order valence-electron chi connectivity index (χ0n) is 24.7. The molecular formula is C37H34N2O6. The Morgan fingerprint density at radius 2 is 1.47 bits per heavy atom. The first kappa shape index (κ1) is 30.8. The molecule has 0 aliphatic rings. The number of carboxylic acids is 1. The summed E-state index contributed by atoms with van der Waals surface area (Å²) in [6.45, 7) is 1.37. The van der Waals surface area contributed by atoms with E-state index in [1.54, 1.807) is 71.6 Å². The highest BCUT2D eigenvalue weighted by Crippen LogP contribution is 2.22. The maximum absolute atomic E-state index is 13.1. The molecule has 228 valence electrons. The summed E-state index contributed by atoms with van der Waals surface area (Å²) >= 11 is 0. The van der Waals surface area contributed by atoms with Gasteiger partial charge in [-0.05, 0) is 47.9 Å². The van der Waals surface area contributed by atoms with Crippen LogP contribution in [0.4, 0.5) is 5.69 Å². The third-order valence-electron chi connectivity index (χ3n) is 7.31. The molecule has 0 spiro atoms. The third-order valence-corrected chi connectivity index (χ3v) is 7.31. The SMILES string of the molecule is O=C(c1ccccc1)c1ccccc1NC(Cc1ccc(OCCCN(Cc2ccccc2)C(=O)c2ccoc2)cc1)C(=O)O. The van der Waals surface area contributed by atoms with Gasteiger partial charge < -0.3 is 24.5 Å². The largest absolute Gasteiger partial charge is 0.494 e. The van der Waals surface area contributed by atoms with Gasteiger partial charge in [0, 0.05) is 36.3 Å². The van der Waals surface area contributed by atoms with Crippen molar-refractivity contribution >= 4 is 23.3 Å². The van der Waals surface area contributed by atoms with Crippen molar-refractivity contribution in [2.24, 2.45) is 0 Å². The van der Waals surface area contributed by atoms with Gasteiger partial charge in [-0.25, -0.2) is 4.79 Å². The number of aliphatic carboxylic acids is 1. The van der Waals surface area contributed by atoms with Crippen LogP contribution in [0.15, 0.2) is 132 Å². The second-order valence-electron chi connectivity index (χ2n) is 10.6. The Morgan fingerprint density at radius 3 is 2.16 bits per heavy atom. The summed E-state index contributed by atoms with van der Waals surface area (Å²) in [6, 6.07) is 33.6. The molecule has 4 aromatic carbocycles. The molecule has 45 heavy (non-hydrogen) atoms. The lowest BCUT2D eigenvalue weighted by molar-refractivity contribution is -0.137. The van der Waals surface area contributed by atoms with Gasteiger partial charge in [-0.3, -0.25) is 9.59 Å². The van der Waals surface area contributed by atoms with E-state index in [2.05, 4.69) is 5.32 Å². The van der Waals surface area contributed by atoms with Gasteiger partial charge in [0.05, 0.1) is 18.4 Å². The van der Waals surface area contributed by atoms with Crippen molar-refractivity contribution in [1.82, 2.24) is 4.90 Å². The minimum Gasteiger partial charge on any atom is -0.494 e. The highest BCUT2D eigenvalue weighted by molar-refractivity contribution is 6.12. The van der Waals surface area contributed by atoms with Gasteiger partial charge in [-0.15, -0.1) is 0 Å². The van der Waals surface area contributed by atoms with Crippen LogP contribution in [0.25, 0.3) is 0 Å². The van der Waals surface area contributed by atoms with Gasteiger partial charge in [0.15, 0.2) is 5.78 Å². The molecule has 0 aliphatic heterocycles. The van der Waals surface area contributed by atoms with Crippen LogP contribution in [0.3, 0.4) is 0 Å². The molecule has 2 N–H and O–H groups in total. The van der Waals surface area contributed by atoms with Crippen LogP contribution in [0, 0.1) is 0 Å². The van der Waals surface area contributed by atoms with Crippen molar-refractivity contribution in [3.8, 4) is 5.75 Å². The summed E-state index contributed by atoms with van der Waals surface area (Å²) in [5.41, 5.74) is 3.74. The van der Waals surface area contributed by atoms with Gasteiger partial charge in [0.2, 0.25) is 0 Å². The third kappa shape index (κ3) is 8.48. The van der Waals surface area contributed by atoms with Crippen molar-refractivity contribution < 1.29 is 28.6 Å². The van der Waals surface area contributed by atoms with Crippen LogP contribution in [0.2, 0.25) is 0 Å². The number of rotatable bonds is 15. The molecule has 8 heteroatoms. The van der Waals surface area contributed by atoms with Gasteiger partial charge in [-0.2, -0.15) is 0 Å². The Labute approximate surface area is 261 Å². The van der Waals surface area contributed by atoms with Crippen LogP contribution in [0.1, 0.15) is 43.8 Å². The number of para-hydroxylation sites is 1. The van der Waals surface area contributed by atoms with Crippen LogP contribution >= 0.6 is 0 Å². The predicted octanol–water partition coefficient (Wildman–Crippen LogP) is 6.73. The molecule has 1 amide bonds. The van der Waals surface area contributed by atoms with E-state index in [9.17, 15) is 19.5 Å². The first-order valence-corrected chi connectivity index (χ1v) is 14.7. The highest BCUT2D eigenvalue weighted by atomic mass is 16.5. The number of nitrogens with one attached hydrogen (secondary N) is 1. The molecule has 8 nitrogen and oxygen atoms in total. The summed E-state index contributed by atoms with van der Waals surface area (Å²) in [5, 5.41) is 13.0. The minimum absolute atomic E-state index is 0.106. The zero-order valence-corrected chi connectivity index (χ0v) is 24.7. The van der Waals surface area contributed by atoms with Crippen molar-refractivity contribution in [2.45, 2.75) is 25.4 Å². The molecule has 0 fully saturated rings. The fourth-order valence-corrected chi connectivity index (χ4v) is 4.97. The second-order valence-corrected chi connectivity index (χ2v) is 10.6. The zero-order chi connectivity index (χ0) is 31.4. The first-order chi connectivity index (χ1) is 22.0. The maximum Gasteiger partial charge on any atom is 0.326 e. The van der Waals surface area contributed by atoms with E-state index in [1.165, 1.54) is 12.5 Å². The Hall–Kier alpha value is -5.63. The standard InChI is InChI=1S/C37H34N2O6/c40-35(29-12-5-2-6-13-29)32-14-7-8-15-33(32)38-34(37(42)43)24-27-16-18-31(19-17-27)45-22-9-21-39(25-28-10-3-1-4-11-28)36(41)30-20-23-44-26-30/h1-8,10-20,23,26,34,38H,9,21-22,24-25H2,(H,42,43). The molecule has 0 saturated heterocycles. The number of carbonyl (C=O) groups is 3. The number of ketones is 1. The van der Waals surface area contributed by atoms with Crippen molar-refractivity contribution in [1.29, 1.82) is 0 Å². The van der Waals surface area contributed by atoms with E-state index in [0.29, 0.717) is 54.2 Å². The fourth-order valence-electron chi connectivity index (χ4n) is 4.97. The van der Waals surface area contributed by atoms with E-state index in [-0.39, 0.29) is 18.1 Å². The normalized spacial score (nSPS) is 11.4. The molecule has 1 heterocycles. The second kappa shape index (κ2) is 15.2. The quantitative estimate of drug-likeness (QED) is 0.101. The van der Waals surface area contributed by atoms with E-state index in [1.807, 2.05) is 48.5 Å². The fraction of sp³-hybridized carbons (Fsp3) is 0.162. The average molecular weight is 603 g/mol. The summed E-state index contributed by atoms with van der Waals surface area (Å²) in [6.07, 6.45) is 3.76. The molecule has 0 bridgehead atoms. The number of ether oxygens (including phenoxy) is 1. The first-order valence-electron chi connectivity index (χ1n) is 14.7. The van der Waals surface area contributed by atoms with E-state index in [0.717, 1.165) is 11.1 Å². The summed E-state index contributed by atoms with van der Waals surface area (Å²) in [5.74, 6) is -0.667. The number of hydrogen-bond donors (Lipinski definition) is 2. The number of carbonyl (C=O) groups excluding carboxylic acids is 2. The number of hydrogen-bond acceptors (Lipinski definition) is 6. The van der Waals surface area contributed by atoms with Crippen LogP contribution < -0.4 is 10.1 Å². The number of benzene rings is 4. The Morgan fingerprint density at radius 1 is 0.778 bits per heavy atom. The lowest BCUT2D eigenvalue weighted by atomic mass is 10.00. The van der Waals surface area contributed by atoms with E-state index in [4.69, 9.17) is 9.15 Å². The van der Waals surface area contributed by atoms with Gasteiger partial charge in [-0.1, -0.05) is 84.9 Å². The van der Waals surface area contributed by atoms with Crippen molar-refractivity contribution in [2.75, 3.05) is 18.5 Å². The van der Waals surface area contributed by atoms with Crippen molar-refractivity contribution in [3.63, 3.8) is 0 Å². The molecular weight excluding hydrogens is 568 g/mol. The molecule has 0 radical (unpaired) electrons. The van der Waals surface area contributed by atoms with E-state index < -0.39 is 12.0 Å². The Bertz CT molecular complexity index is 1690. The van der Waals surface area contributed by atoms with Crippen molar-refractivity contribution in [3.05, 3.63) is 156 Å². The van der Waals surface area contributed by atoms with Crippen LogP contribution in [0.5, 0.6) is 5.75 Å². The smallest absolute Gasteiger partial charge is 0.326 e. The molecule has 1 unspecified atom stereocenters.